The highest BCUT2D eigenvalue weighted by molar-refractivity contribution is 5.76. The molecule has 0 aromatic carbocycles. The SMILES string of the molecule is CC(C)CC(CC(C)C)C(C)(O)C(=O)O. The van der Waals surface area contributed by atoms with Gasteiger partial charge in [0.05, 0.1) is 0 Å². The van der Waals surface area contributed by atoms with Crippen LogP contribution in [0.5, 0.6) is 0 Å². The van der Waals surface area contributed by atoms with Crippen LogP contribution in [0.25, 0.3) is 0 Å². The molecule has 0 bridgehead atoms. The Hall–Kier alpha value is -0.570. The second-order valence-corrected chi connectivity index (χ2v) is 5.41. The first-order valence-electron chi connectivity index (χ1n) is 5.63. The molecule has 3 nitrogen and oxygen atoms in total. The van der Waals surface area contributed by atoms with E-state index in [0.29, 0.717) is 11.8 Å². The molecule has 0 saturated carbocycles. The average molecular weight is 216 g/mol. The summed E-state index contributed by atoms with van der Waals surface area (Å²) in [6.07, 6.45) is 1.50. The minimum absolute atomic E-state index is 0.171. The molecule has 1 unspecified atom stereocenters. The number of carbonyl (C=O) groups is 1. The van der Waals surface area contributed by atoms with Crippen molar-refractivity contribution in [2.45, 2.75) is 53.1 Å². The molecular formula is C12H24O3. The van der Waals surface area contributed by atoms with E-state index in [1.165, 1.54) is 6.92 Å². The van der Waals surface area contributed by atoms with Gasteiger partial charge in [-0.2, -0.15) is 0 Å². The number of rotatable bonds is 6. The van der Waals surface area contributed by atoms with Gasteiger partial charge in [-0.25, -0.2) is 4.79 Å². The highest BCUT2D eigenvalue weighted by Crippen LogP contribution is 2.30. The molecule has 0 aliphatic carbocycles. The Morgan fingerprint density at radius 3 is 1.67 bits per heavy atom. The zero-order chi connectivity index (χ0) is 12.2. The Kier molecular flexibility index (Phi) is 5.29. The predicted octanol–water partition coefficient (Wildman–Crippen LogP) is 2.53. The van der Waals surface area contributed by atoms with Gasteiger partial charge < -0.3 is 10.2 Å². The number of carboxylic acids is 1. The van der Waals surface area contributed by atoms with E-state index in [-0.39, 0.29) is 5.92 Å². The van der Waals surface area contributed by atoms with Crippen molar-refractivity contribution in [3.8, 4) is 0 Å². The minimum Gasteiger partial charge on any atom is -0.479 e. The van der Waals surface area contributed by atoms with E-state index in [1.807, 2.05) is 27.7 Å². The van der Waals surface area contributed by atoms with Gasteiger partial charge in [-0.3, -0.25) is 0 Å². The molecule has 0 aliphatic heterocycles. The lowest BCUT2D eigenvalue weighted by molar-refractivity contribution is -0.163. The molecule has 0 amide bonds. The van der Waals surface area contributed by atoms with Crippen LogP contribution in [-0.2, 0) is 4.79 Å². The van der Waals surface area contributed by atoms with Crippen LogP contribution in [0.4, 0.5) is 0 Å². The summed E-state index contributed by atoms with van der Waals surface area (Å²) in [5.41, 5.74) is -1.60. The predicted molar refractivity (Wildman–Crippen MR) is 60.7 cm³/mol. The maximum atomic E-state index is 11.0. The highest BCUT2D eigenvalue weighted by atomic mass is 16.4. The highest BCUT2D eigenvalue weighted by Gasteiger charge is 2.39. The lowest BCUT2D eigenvalue weighted by Gasteiger charge is -2.31. The smallest absolute Gasteiger partial charge is 0.335 e. The molecule has 0 rings (SSSR count). The second-order valence-electron chi connectivity index (χ2n) is 5.41. The van der Waals surface area contributed by atoms with Crippen LogP contribution in [0.15, 0.2) is 0 Å². The van der Waals surface area contributed by atoms with Crippen LogP contribution in [0, 0.1) is 17.8 Å². The van der Waals surface area contributed by atoms with Crippen LogP contribution >= 0.6 is 0 Å². The van der Waals surface area contributed by atoms with Crippen molar-refractivity contribution in [3.63, 3.8) is 0 Å². The van der Waals surface area contributed by atoms with Crippen molar-refractivity contribution in [1.29, 1.82) is 0 Å². The average Bonchev–Trinajstić information content (AvgIpc) is 2.00. The molecular weight excluding hydrogens is 192 g/mol. The van der Waals surface area contributed by atoms with Gasteiger partial charge in [0.1, 0.15) is 0 Å². The van der Waals surface area contributed by atoms with Gasteiger partial charge >= 0.3 is 5.97 Å². The second kappa shape index (κ2) is 5.50. The third-order valence-corrected chi connectivity index (χ3v) is 2.74. The first-order valence-corrected chi connectivity index (χ1v) is 5.63. The molecule has 0 spiro atoms. The molecule has 0 fully saturated rings. The van der Waals surface area contributed by atoms with Crippen LogP contribution in [0.3, 0.4) is 0 Å². The Morgan fingerprint density at radius 1 is 1.13 bits per heavy atom. The third-order valence-electron chi connectivity index (χ3n) is 2.74. The number of hydrogen-bond donors (Lipinski definition) is 2. The molecule has 0 aliphatic rings. The molecule has 0 aromatic heterocycles. The van der Waals surface area contributed by atoms with Gasteiger partial charge in [-0.15, -0.1) is 0 Å². The van der Waals surface area contributed by atoms with Gasteiger partial charge in [0, 0.05) is 0 Å². The number of hydrogen-bond acceptors (Lipinski definition) is 2. The molecule has 1 atom stereocenters. The van der Waals surface area contributed by atoms with E-state index >= 15 is 0 Å². The summed E-state index contributed by atoms with van der Waals surface area (Å²) in [6.45, 7) is 9.60. The van der Waals surface area contributed by atoms with Gasteiger partial charge in [0.15, 0.2) is 5.60 Å². The number of aliphatic carboxylic acids is 1. The quantitative estimate of drug-likeness (QED) is 0.717. The maximum absolute atomic E-state index is 11.0. The van der Waals surface area contributed by atoms with Crippen molar-refractivity contribution >= 4 is 5.97 Å². The molecule has 0 saturated heterocycles. The van der Waals surface area contributed by atoms with Gasteiger partial charge in [-0.05, 0) is 37.5 Å². The van der Waals surface area contributed by atoms with E-state index < -0.39 is 11.6 Å². The van der Waals surface area contributed by atoms with E-state index in [2.05, 4.69) is 0 Å². The van der Waals surface area contributed by atoms with Crippen LogP contribution in [0.2, 0.25) is 0 Å². The minimum atomic E-state index is -1.60. The van der Waals surface area contributed by atoms with Gasteiger partial charge in [0.2, 0.25) is 0 Å². The summed E-state index contributed by atoms with van der Waals surface area (Å²) >= 11 is 0. The Labute approximate surface area is 92.5 Å². The first kappa shape index (κ1) is 14.4. The fourth-order valence-electron chi connectivity index (χ4n) is 1.87. The molecule has 90 valence electrons. The van der Waals surface area contributed by atoms with E-state index in [9.17, 15) is 9.90 Å². The van der Waals surface area contributed by atoms with Crippen LogP contribution in [-0.4, -0.2) is 21.8 Å². The van der Waals surface area contributed by atoms with Gasteiger partial charge in [-0.1, -0.05) is 27.7 Å². The van der Waals surface area contributed by atoms with E-state index in [4.69, 9.17) is 5.11 Å². The summed E-state index contributed by atoms with van der Waals surface area (Å²) < 4.78 is 0. The molecule has 0 radical (unpaired) electrons. The largest absolute Gasteiger partial charge is 0.479 e. The molecule has 2 N–H and O–H groups in total. The summed E-state index contributed by atoms with van der Waals surface area (Å²) in [5, 5.41) is 18.9. The lowest BCUT2D eigenvalue weighted by Crippen LogP contribution is -2.44. The summed E-state index contributed by atoms with van der Waals surface area (Å²) in [6, 6.07) is 0. The summed E-state index contributed by atoms with van der Waals surface area (Å²) in [5.74, 6) is -0.483. The van der Waals surface area contributed by atoms with Crippen molar-refractivity contribution in [2.24, 2.45) is 17.8 Å². The molecule has 3 heteroatoms. The third kappa shape index (κ3) is 4.65. The fourth-order valence-corrected chi connectivity index (χ4v) is 1.87. The van der Waals surface area contributed by atoms with Crippen molar-refractivity contribution < 1.29 is 15.0 Å². The number of carboxylic acid groups (broad SMARTS) is 1. The van der Waals surface area contributed by atoms with Crippen molar-refractivity contribution in [2.75, 3.05) is 0 Å². The summed E-state index contributed by atoms with van der Waals surface area (Å²) in [7, 11) is 0. The zero-order valence-electron chi connectivity index (χ0n) is 10.4. The Morgan fingerprint density at radius 2 is 1.47 bits per heavy atom. The molecule has 0 aromatic rings. The topological polar surface area (TPSA) is 57.5 Å². The normalized spacial score (nSPS) is 16.1. The number of aliphatic hydroxyl groups is 1. The van der Waals surface area contributed by atoms with Crippen molar-refractivity contribution in [3.05, 3.63) is 0 Å². The van der Waals surface area contributed by atoms with Crippen LogP contribution in [0.1, 0.15) is 47.5 Å². The molecule has 15 heavy (non-hydrogen) atoms. The monoisotopic (exact) mass is 216 g/mol. The summed E-state index contributed by atoms with van der Waals surface area (Å²) in [4.78, 5) is 11.0. The molecule has 0 heterocycles. The van der Waals surface area contributed by atoms with Gasteiger partial charge in [0.25, 0.3) is 0 Å². The van der Waals surface area contributed by atoms with Crippen LogP contribution < -0.4 is 0 Å². The fraction of sp³-hybridized carbons (Fsp3) is 0.917. The van der Waals surface area contributed by atoms with E-state index in [1.54, 1.807) is 0 Å². The maximum Gasteiger partial charge on any atom is 0.335 e. The standard InChI is InChI=1S/C12H24O3/c1-8(2)6-10(7-9(3)4)12(5,15)11(13)14/h8-10,15H,6-7H2,1-5H3,(H,13,14). The zero-order valence-corrected chi connectivity index (χ0v) is 10.4. The van der Waals surface area contributed by atoms with E-state index in [0.717, 1.165) is 12.8 Å². The lowest BCUT2D eigenvalue weighted by atomic mass is 9.78. The first-order chi connectivity index (χ1) is 6.67. The Bertz CT molecular complexity index is 197. The Balaban J connectivity index is 4.68. The van der Waals surface area contributed by atoms with Crippen molar-refractivity contribution in [1.82, 2.24) is 0 Å².